The van der Waals surface area contributed by atoms with Crippen molar-refractivity contribution >= 4 is 0 Å². The van der Waals surface area contributed by atoms with Gasteiger partial charge in [-0.05, 0) is 18.8 Å². The summed E-state index contributed by atoms with van der Waals surface area (Å²) in [7, 11) is 0. The van der Waals surface area contributed by atoms with Crippen LogP contribution in [0.3, 0.4) is 0 Å². The average molecular weight is 167 g/mol. The highest BCUT2D eigenvalue weighted by molar-refractivity contribution is 5.13. The molecule has 1 N–H and O–H groups in total. The summed E-state index contributed by atoms with van der Waals surface area (Å²) in [6.07, 6.45) is 3.03. The predicted octanol–water partition coefficient (Wildman–Crippen LogP) is 2.09. The Kier molecular flexibility index (Phi) is 2.18. The van der Waals surface area contributed by atoms with E-state index in [1.165, 1.54) is 0 Å². The van der Waals surface area contributed by atoms with Crippen molar-refractivity contribution in [1.82, 2.24) is 0 Å². The first-order chi connectivity index (χ1) is 5.44. The van der Waals surface area contributed by atoms with E-state index in [9.17, 15) is 5.11 Å². The van der Waals surface area contributed by atoms with E-state index in [1.807, 2.05) is 20.8 Å². The summed E-state index contributed by atoms with van der Waals surface area (Å²) in [5.74, 6) is 0.103. The molecule has 2 nitrogen and oxygen atoms in total. The summed E-state index contributed by atoms with van der Waals surface area (Å²) in [4.78, 5) is 0. The molecule has 68 valence electrons. The van der Waals surface area contributed by atoms with Crippen LogP contribution in [0.2, 0.25) is 0 Å². The Labute approximate surface area is 74.2 Å². The van der Waals surface area contributed by atoms with E-state index in [-0.39, 0.29) is 11.3 Å². The molecule has 0 heterocycles. The van der Waals surface area contributed by atoms with Gasteiger partial charge in [0.2, 0.25) is 0 Å². The fourth-order valence-corrected chi connectivity index (χ4v) is 2.18. The molecule has 0 aromatic carbocycles. The maximum absolute atomic E-state index is 10.1. The van der Waals surface area contributed by atoms with Crippen LogP contribution in [0.4, 0.5) is 0 Å². The molecule has 1 saturated carbocycles. The molecular formula is C10H17NO. The van der Waals surface area contributed by atoms with Crippen LogP contribution in [0.25, 0.3) is 0 Å². The zero-order chi connectivity index (χ0) is 9.41. The molecule has 0 aliphatic heterocycles. The van der Waals surface area contributed by atoms with E-state index in [0.717, 1.165) is 19.3 Å². The van der Waals surface area contributed by atoms with Crippen LogP contribution in [-0.2, 0) is 0 Å². The van der Waals surface area contributed by atoms with Crippen LogP contribution in [0, 0.1) is 22.7 Å². The third-order valence-corrected chi connectivity index (χ3v) is 3.35. The minimum atomic E-state index is -1.12. The highest BCUT2D eigenvalue weighted by atomic mass is 16.3. The Morgan fingerprint density at radius 3 is 2.42 bits per heavy atom. The Morgan fingerprint density at radius 1 is 1.50 bits per heavy atom. The van der Waals surface area contributed by atoms with Crippen LogP contribution in [0.15, 0.2) is 0 Å². The summed E-state index contributed by atoms with van der Waals surface area (Å²) in [5, 5.41) is 19.1. The standard InChI is InChI=1S/C10H17NO/c1-8-5-4-6-9(2,3)10(8,12)7-11/h8,12H,4-6H2,1-3H3. The van der Waals surface area contributed by atoms with Gasteiger partial charge in [0.1, 0.15) is 0 Å². The summed E-state index contributed by atoms with van der Waals surface area (Å²) in [5.41, 5.74) is -1.37. The normalized spacial score (nSPS) is 40.4. The van der Waals surface area contributed by atoms with Crippen LogP contribution in [0.1, 0.15) is 40.0 Å². The summed E-state index contributed by atoms with van der Waals surface area (Å²) in [6, 6.07) is 2.08. The third kappa shape index (κ3) is 1.13. The lowest BCUT2D eigenvalue weighted by Crippen LogP contribution is -2.51. The van der Waals surface area contributed by atoms with E-state index < -0.39 is 5.60 Å². The van der Waals surface area contributed by atoms with E-state index in [1.54, 1.807) is 0 Å². The molecule has 2 unspecified atom stereocenters. The average Bonchev–Trinajstić information content (AvgIpc) is 2.00. The summed E-state index contributed by atoms with van der Waals surface area (Å²) < 4.78 is 0. The first-order valence-corrected chi connectivity index (χ1v) is 4.58. The monoisotopic (exact) mass is 167 g/mol. The number of hydrogen-bond acceptors (Lipinski definition) is 2. The van der Waals surface area contributed by atoms with Gasteiger partial charge in [-0.15, -0.1) is 0 Å². The van der Waals surface area contributed by atoms with E-state index in [4.69, 9.17) is 5.26 Å². The van der Waals surface area contributed by atoms with Crippen LogP contribution in [0.5, 0.6) is 0 Å². The molecule has 12 heavy (non-hydrogen) atoms. The van der Waals surface area contributed by atoms with Crippen molar-refractivity contribution in [2.45, 2.75) is 45.6 Å². The molecule has 0 spiro atoms. The SMILES string of the molecule is CC1CCCC(C)(C)C1(O)C#N. The molecular weight excluding hydrogens is 150 g/mol. The van der Waals surface area contributed by atoms with Crippen molar-refractivity contribution in [3.63, 3.8) is 0 Å². The Bertz CT molecular complexity index is 216. The molecule has 0 bridgehead atoms. The molecule has 0 aromatic heterocycles. The number of aliphatic hydroxyl groups is 1. The molecule has 2 heteroatoms. The van der Waals surface area contributed by atoms with Gasteiger partial charge < -0.3 is 5.11 Å². The highest BCUT2D eigenvalue weighted by Crippen LogP contribution is 2.46. The third-order valence-electron chi connectivity index (χ3n) is 3.35. The van der Waals surface area contributed by atoms with E-state index in [0.29, 0.717) is 0 Å². The molecule has 2 atom stereocenters. The number of nitrogens with zero attached hydrogens (tertiary/aromatic N) is 1. The zero-order valence-corrected chi connectivity index (χ0v) is 8.09. The lowest BCUT2D eigenvalue weighted by molar-refractivity contribution is -0.0875. The maximum atomic E-state index is 10.1. The molecule has 0 saturated heterocycles. The minimum absolute atomic E-state index is 0.103. The lowest BCUT2D eigenvalue weighted by Gasteiger charge is -2.45. The second-order valence-corrected chi connectivity index (χ2v) is 4.56. The van der Waals surface area contributed by atoms with Crippen molar-refractivity contribution in [2.75, 3.05) is 0 Å². The summed E-state index contributed by atoms with van der Waals surface area (Å²) in [6.45, 7) is 5.92. The van der Waals surface area contributed by atoms with E-state index in [2.05, 4.69) is 6.07 Å². The molecule has 0 radical (unpaired) electrons. The maximum Gasteiger partial charge on any atom is 0.158 e. The van der Waals surface area contributed by atoms with Gasteiger partial charge in [-0.1, -0.05) is 27.2 Å². The Balaban J connectivity index is 2.98. The van der Waals surface area contributed by atoms with Gasteiger partial charge in [-0.3, -0.25) is 0 Å². The molecule has 1 rings (SSSR count). The second kappa shape index (κ2) is 2.74. The smallest absolute Gasteiger partial charge is 0.158 e. The largest absolute Gasteiger partial charge is 0.375 e. The van der Waals surface area contributed by atoms with E-state index >= 15 is 0 Å². The van der Waals surface area contributed by atoms with Gasteiger partial charge in [0, 0.05) is 5.41 Å². The zero-order valence-electron chi connectivity index (χ0n) is 8.09. The Hall–Kier alpha value is -0.550. The van der Waals surface area contributed by atoms with Crippen molar-refractivity contribution in [3.05, 3.63) is 0 Å². The van der Waals surface area contributed by atoms with Crippen molar-refractivity contribution in [1.29, 1.82) is 5.26 Å². The Morgan fingerprint density at radius 2 is 2.08 bits per heavy atom. The first-order valence-electron chi connectivity index (χ1n) is 4.58. The van der Waals surface area contributed by atoms with Gasteiger partial charge in [0.25, 0.3) is 0 Å². The second-order valence-electron chi connectivity index (χ2n) is 4.56. The first kappa shape index (κ1) is 9.54. The molecule has 1 fully saturated rings. The van der Waals surface area contributed by atoms with Crippen LogP contribution in [-0.4, -0.2) is 10.7 Å². The van der Waals surface area contributed by atoms with Crippen molar-refractivity contribution < 1.29 is 5.11 Å². The lowest BCUT2D eigenvalue weighted by atomic mass is 9.61. The molecule has 0 aromatic rings. The summed E-state index contributed by atoms with van der Waals surface area (Å²) >= 11 is 0. The quantitative estimate of drug-likeness (QED) is 0.561. The van der Waals surface area contributed by atoms with Gasteiger partial charge in [0.05, 0.1) is 6.07 Å². The van der Waals surface area contributed by atoms with Crippen molar-refractivity contribution in [3.8, 4) is 6.07 Å². The van der Waals surface area contributed by atoms with Gasteiger partial charge in [-0.25, -0.2) is 0 Å². The highest BCUT2D eigenvalue weighted by Gasteiger charge is 2.50. The predicted molar refractivity (Wildman–Crippen MR) is 47.4 cm³/mol. The van der Waals surface area contributed by atoms with Gasteiger partial charge in [0.15, 0.2) is 5.60 Å². The van der Waals surface area contributed by atoms with Gasteiger partial charge in [-0.2, -0.15) is 5.26 Å². The molecule has 1 aliphatic rings. The number of nitriles is 1. The van der Waals surface area contributed by atoms with Crippen LogP contribution < -0.4 is 0 Å². The minimum Gasteiger partial charge on any atom is -0.375 e. The number of hydrogen-bond donors (Lipinski definition) is 1. The molecule has 0 amide bonds. The van der Waals surface area contributed by atoms with Gasteiger partial charge >= 0.3 is 0 Å². The van der Waals surface area contributed by atoms with Crippen molar-refractivity contribution in [2.24, 2.45) is 11.3 Å². The number of rotatable bonds is 0. The fourth-order valence-electron chi connectivity index (χ4n) is 2.18. The molecule has 1 aliphatic carbocycles. The topological polar surface area (TPSA) is 44.0 Å². The van der Waals surface area contributed by atoms with Crippen LogP contribution >= 0.6 is 0 Å². The fraction of sp³-hybridized carbons (Fsp3) is 0.900.